The van der Waals surface area contributed by atoms with Crippen molar-refractivity contribution in [1.29, 1.82) is 0 Å². The first kappa shape index (κ1) is 21.4. The highest BCUT2D eigenvalue weighted by atomic mass is 19.2. The molecule has 4 rings (SSSR count). The lowest BCUT2D eigenvalue weighted by Gasteiger charge is -2.26. The molecule has 0 saturated heterocycles. The van der Waals surface area contributed by atoms with Crippen LogP contribution in [0.15, 0.2) is 42.5 Å². The topological polar surface area (TPSA) is 0 Å². The van der Waals surface area contributed by atoms with Gasteiger partial charge in [0.15, 0.2) is 17.5 Å². The first-order chi connectivity index (χ1) is 15.0. The van der Waals surface area contributed by atoms with Crippen molar-refractivity contribution >= 4 is 10.8 Å². The third kappa shape index (κ3) is 4.61. The van der Waals surface area contributed by atoms with Gasteiger partial charge in [0, 0.05) is 11.5 Å². The monoisotopic (exact) mass is 424 g/mol. The zero-order valence-electron chi connectivity index (χ0n) is 17.5. The van der Waals surface area contributed by atoms with Crippen LogP contribution in [0.5, 0.6) is 0 Å². The molecule has 0 N–H and O–H groups in total. The number of hydrogen-bond donors (Lipinski definition) is 0. The van der Waals surface area contributed by atoms with Gasteiger partial charge in [0.1, 0.15) is 5.82 Å². The smallest absolute Gasteiger partial charge is 0.195 e. The summed E-state index contributed by atoms with van der Waals surface area (Å²) in [5.41, 5.74) is 3.03. The standard InChI is InChI=1S/C27H24F4/c1-2-3-17-4-6-18(7-5-17)8-9-19-10-12-20(13-11-19)21-14-22-16-24(29)26(30)27(31)25(22)23(28)15-21/h4-7,14-16,19-20H,2-3,10-13H2,1H3. The molecule has 0 spiro atoms. The fourth-order valence-electron chi connectivity index (χ4n) is 4.45. The predicted molar refractivity (Wildman–Crippen MR) is 116 cm³/mol. The van der Waals surface area contributed by atoms with Gasteiger partial charge in [0.2, 0.25) is 0 Å². The molecule has 0 unspecified atom stereocenters. The van der Waals surface area contributed by atoms with E-state index >= 15 is 0 Å². The molecule has 1 aliphatic rings. The minimum absolute atomic E-state index is 0.0554. The Bertz CT molecular complexity index is 1140. The van der Waals surface area contributed by atoms with Crippen LogP contribution in [0.4, 0.5) is 17.6 Å². The van der Waals surface area contributed by atoms with Crippen molar-refractivity contribution in [2.75, 3.05) is 0 Å². The molecule has 3 aromatic rings. The Morgan fingerprint density at radius 3 is 2.23 bits per heavy atom. The maximum atomic E-state index is 14.5. The van der Waals surface area contributed by atoms with Gasteiger partial charge >= 0.3 is 0 Å². The molecule has 0 aromatic heterocycles. The highest BCUT2D eigenvalue weighted by molar-refractivity contribution is 5.84. The Morgan fingerprint density at radius 1 is 0.839 bits per heavy atom. The van der Waals surface area contributed by atoms with Crippen LogP contribution < -0.4 is 0 Å². The van der Waals surface area contributed by atoms with E-state index < -0.39 is 28.7 Å². The van der Waals surface area contributed by atoms with Gasteiger partial charge in [-0.25, -0.2) is 17.6 Å². The van der Waals surface area contributed by atoms with Crippen molar-refractivity contribution in [3.63, 3.8) is 0 Å². The highest BCUT2D eigenvalue weighted by Gasteiger charge is 2.24. The molecule has 0 nitrogen and oxygen atoms in total. The fraction of sp³-hybridized carbons (Fsp3) is 0.333. The summed E-state index contributed by atoms with van der Waals surface area (Å²) in [4.78, 5) is 0. The van der Waals surface area contributed by atoms with Crippen molar-refractivity contribution in [2.24, 2.45) is 5.92 Å². The predicted octanol–water partition coefficient (Wildman–Crippen LogP) is 7.67. The number of rotatable bonds is 3. The summed E-state index contributed by atoms with van der Waals surface area (Å²) in [6.45, 7) is 2.16. The first-order valence-electron chi connectivity index (χ1n) is 10.8. The molecule has 31 heavy (non-hydrogen) atoms. The zero-order chi connectivity index (χ0) is 22.0. The quantitative estimate of drug-likeness (QED) is 0.230. The second kappa shape index (κ2) is 9.14. The minimum atomic E-state index is -1.64. The number of fused-ring (bicyclic) bond motifs is 1. The summed E-state index contributed by atoms with van der Waals surface area (Å²) in [7, 11) is 0. The molecule has 1 saturated carbocycles. The molecule has 0 aliphatic heterocycles. The third-order valence-electron chi connectivity index (χ3n) is 6.16. The van der Waals surface area contributed by atoms with E-state index in [9.17, 15) is 17.6 Å². The van der Waals surface area contributed by atoms with Gasteiger partial charge in [-0.3, -0.25) is 0 Å². The molecular formula is C27H24F4. The highest BCUT2D eigenvalue weighted by Crippen LogP contribution is 2.38. The van der Waals surface area contributed by atoms with Crippen LogP contribution in [-0.2, 0) is 6.42 Å². The number of hydrogen-bond acceptors (Lipinski definition) is 0. The first-order valence-corrected chi connectivity index (χ1v) is 10.8. The average Bonchev–Trinajstić information content (AvgIpc) is 2.77. The Balaban J connectivity index is 1.45. The third-order valence-corrected chi connectivity index (χ3v) is 6.16. The van der Waals surface area contributed by atoms with Crippen LogP contribution in [0, 0.1) is 41.0 Å². The van der Waals surface area contributed by atoms with Gasteiger partial charge in [0.25, 0.3) is 0 Å². The Morgan fingerprint density at radius 2 is 1.55 bits per heavy atom. The Hall–Kier alpha value is -2.80. The summed E-state index contributed by atoms with van der Waals surface area (Å²) in [6, 6.07) is 12.1. The van der Waals surface area contributed by atoms with E-state index in [4.69, 9.17) is 0 Å². The van der Waals surface area contributed by atoms with Crippen molar-refractivity contribution in [1.82, 2.24) is 0 Å². The molecule has 0 radical (unpaired) electrons. The Kier molecular flexibility index (Phi) is 6.32. The van der Waals surface area contributed by atoms with Crippen molar-refractivity contribution < 1.29 is 17.6 Å². The van der Waals surface area contributed by atoms with Crippen LogP contribution >= 0.6 is 0 Å². The second-order valence-corrected chi connectivity index (χ2v) is 8.35. The zero-order valence-corrected chi connectivity index (χ0v) is 17.5. The molecule has 0 bridgehead atoms. The number of benzene rings is 3. The van der Waals surface area contributed by atoms with Gasteiger partial charge in [-0.05, 0) is 78.8 Å². The lowest BCUT2D eigenvalue weighted by Crippen LogP contribution is -2.12. The van der Waals surface area contributed by atoms with E-state index in [0.29, 0.717) is 5.56 Å². The molecule has 3 aromatic carbocycles. The number of halogens is 4. The normalized spacial score (nSPS) is 18.6. The number of aryl methyl sites for hydroxylation is 1. The van der Waals surface area contributed by atoms with Crippen LogP contribution in [-0.4, -0.2) is 0 Å². The van der Waals surface area contributed by atoms with Crippen LogP contribution in [0.2, 0.25) is 0 Å². The van der Waals surface area contributed by atoms with E-state index in [1.807, 2.05) is 0 Å². The minimum Gasteiger partial charge on any atom is -0.206 e. The second-order valence-electron chi connectivity index (χ2n) is 8.35. The lowest BCUT2D eigenvalue weighted by atomic mass is 9.78. The van der Waals surface area contributed by atoms with Gasteiger partial charge in [0.05, 0.1) is 5.39 Å². The van der Waals surface area contributed by atoms with Gasteiger partial charge in [-0.2, -0.15) is 0 Å². The van der Waals surface area contributed by atoms with Crippen molar-refractivity contribution in [3.8, 4) is 11.8 Å². The van der Waals surface area contributed by atoms with Gasteiger partial charge < -0.3 is 0 Å². The van der Waals surface area contributed by atoms with Crippen molar-refractivity contribution in [3.05, 3.63) is 82.4 Å². The molecule has 0 atom stereocenters. The average molecular weight is 424 g/mol. The summed E-state index contributed by atoms with van der Waals surface area (Å²) in [5, 5.41) is -0.438. The molecule has 0 heterocycles. The maximum absolute atomic E-state index is 14.5. The van der Waals surface area contributed by atoms with Crippen LogP contribution in [0.3, 0.4) is 0 Å². The maximum Gasteiger partial charge on any atom is 0.195 e. The van der Waals surface area contributed by atoms with Crippen molar-refractivity contribution in [2.45, 2.75) is 51.4 Å². The van der Waals surface area contributed by atoms with E-state index in [2.05, 4.69) is 43.0 Å². The van der Waals surface area contributed by atoms with Gasteiger partial charge in [-0.15, -0.1) is 0 Å². The molecule has 1 fully saturated rings. The van der Waals surface area contributed by atoms with E-state index in [-0.39, 0.29) is 17.2 Å². The fourth-order valence-corrected chi connectivity index (χ4v) is 4.45. The van der Waals surface area contributed by atoms with E-state index in [1.165, 1.54) is 11.6 Å². The van der Waals surface area contributed by atoms with E-state index in [1.54, 1.807) is 6.07 Å². The lowest BCUT2D eigenvalue weighted by molar-refractivity contribution is 0.384. The Labute approximate surface area is 180 Å². The molecular weight excluding hydrogens is 400 g/mol. The van der Waals surface area contributed by atoms with Crippen LogP contribution in [0.1, 0.15) is 61.6 Å². The van der Waals surface area contributed by atoms with E-state index in [0.717, 1.165) is 50.2 Å². The molecule has 0 amide bonds. The molecule has 160 valence electrons. The largest absolute Gasteiger partial charge is 0.206 e. The summed E-state index contributed by atoms with van der Waals surface area (Å²) in [5.74, 6) is 1.73. The summed E-state index contributed by atoms with van der Waals surface area (Å²) >= 11 is 0. The molecule has 1 aliphatic carbocycles. The van der Waals surface area contributed by atoms with Gasteiger partial charge in [-0.1, -0.05) is 43.4 Å². The summed E-state index contributed by atoms with van der Waals surface area (Å²) in [6.07, 6.45) is 5.62. The summed E-state index contributed by atoms with van der Waals surface area (Å²) < 4.78 is 55.5. The molecule has 4 heteroatoms. The SMILES string of the molecule is CCCc1ccc(C#CC2CCC(c3cc(F)c4c(F)c(F)c(F)cc4c3)CC2)cc1. The van der Waals surface area contributed by atoms with Crippen LogP contribution in [0.25, 0.3) is 10.8 Å².